The summed E-state index contributed by atoms with van der Waals surface area (Å²) in [5, 5.41) is 23.2. The number of carbonyl (C=O) groups excluding carboxylic acids is 2. The summed E-state index contributed by atoms with van der Waals surface area (Å²) in [6.45, 7) is 1.77. The number of carbonyl (C=O) groups is 2. The largest absolute Gasteiger partial charge is 0.545 e. The van der Waals surface area contributed by atoms with Gasteiger partial charge in [-0.15, -0.1) is 11.3 Å². The number of carboxylic acid groups (broad SMARTS) is 1. The first kappa shape index (κ1) is 17.3. The van der Waals surface area contributed by atoms with Crippen LogP contribution < -0.4 is 15.7 Å². The van der Waals surface area contributed by atoms with E-state index in [2.05, 4.69) is 4.99 Å². The van der Waals surface area contributed by atoms with Crippen LogP contribution in [0.1, 0.15) is 20.8 Å². The van der Waals surface area contributed by atoms with Crippen molar-refractivity contribution in [2.24, 2.45) is 4.99 Å². The van der Waals surface area contributed by atoms with E-state index in [9.17, 15) is 19.8 Å². The van der Waals surface area contributed by atoms with Crippen molar-refractivity contribution in [3.05, 3.63) is 73.0 Å². The number of aromatic nitrogens is 1. The zero-order valence-corrected chi connectivity index (χ0v) is 15.6. The van der Waals surface area contributed by atoms with Crippen LogP contribution in [0.4, 0.5) is 0 Å². The summed E-state index contributed by atoms with van der Waals surface area (Å²) < 4.78 is 1.64. The summed E-state index contributed by atoms with van der Waals surface area (Å²) in [5.74, 6) is -2.00. The van der Waals surface area contributed by atoms with Crippen molar-refractivity contribution in [2.45, 2.75) is 6.92 Å². The fourth-order valence-electron chi connectivity index (χ4n) is 3.00. The summed E-state index contributed by atoms with van der Waals surface area (Å²) in [6, 6.07) is 11.5. The Morgan fingerprint density at radius 2 is 2.00 bits per heavy atom. The maximum Gasteiger partial charge on any atom is 0.279 e. The molecule has 2 heterocycles. The number of rotatable bonds is 3. The molecule has 0 atom stereocenters. The maximum absolute atomic E-state index is 12.4. The zero-order valence-electron chi connectivity index (χ0n) is 13.9. The van der Waals surface area contributed by atoms with Crippen molar-refractivity contribution in [1.29, 1.82) is 0 Å². The van der Waals surface area contributed by atoms with Gasteiger partial charge in [-0.25, -0.2) is 4.99 Å². The Labute approximate surface area is 162 Å². The third-order valence-corrected chi connectivity index (χ3v) is 5.69. The van der Waals surface area contributed by atoms with Crippen LogP contribution >= 0.6 is 23.6 Å². The van der Waals surface area contributed by atoms with Crippen molar-refractivity contribution < 1.29 is 19.8 Å². The highest BCUT2D eigenvalue weighted by Gasteiger charge is 2.26. The van der Waals surface area contributed by atoms with E-state index in [4.69, 9.17) is 12.2 Å². The van der Waals surface area contributed by atoms with Gasteiger partial charge in [-0.3, -0.25) is 9.36 Å². The Morgan fingerprint density at radius 3 is 2.74 bits per heavy atom. The molecule has 0 bridgehead atoms. The van der Waals surface area contributed by atoms with Crippen molar-refractivity contribution in [1.82, 2.24) is 4.57 Å². The number of benzene rings is 2. The van der Waals surface area contributed by atoms with E-state index in [1.807, 2.05) is 0 Å². The van der Waals surface area contributed by atoms with E-state index in [0.29, 0.717) is 26.7 Å². The van der Waals surface area contributed by atoms with Crippen molar-refractivity contribution in [3.63, 3.8) is 0 Å². The van der Waals surface area contributed by atoms with Crippen LogP contribution in [0.3, 0.4) is 0 Å². The van der Waals surface area contributed by atoms with Crippen molar-refractivity contribution in [3.8, 4) is 11.6 Å². The number of aromatic hydroxyl groups is 1. The average Bonchev–Trinajstić information content (AvgIpc) is 3.10. The average molecular weight is 395 g/mol. The van der Waals surface area contributed by atoms with Gasteiger partial charge in [-0.1, -0.05) is 30.3 Å². The van der Waals surface area contributed by atoms with Crippen molar-refractivity contribution in [2.75, 3.05) is 0 Å². The van der Waals surface area contributed by atoms with Gasteiger partial charge in [0, 0.05) is 5.22 Å². The molecule has 134 valence electrons. The van der Waals surface area contributed by atoms with E-state index in [1.165, 1.54) is 16.7 Å². The molecule has 1 aromatic heterocycles. The molecule has 2 aromatic carbocycles. The lowest BCUT2D eigenvalue weighted by Gasteiger charge is -2.12. The topological polar surface area (TPSA) is 94.7 Å². The third-order valence-electron chi connectivity index (χ3n) is 4.31. The van der Waals surface area contributed by atoms with E-state index < -0.39 is 11.9 Å². The van der Waals surface area contributed by atoms with Gasteiger partial charge in [-0.05, 0) is 42.4 Å². The second kappa shape index (κ2) is 6.26. The third kappa shape index (κ3) is 2.70. The van der Waals surface area contributed by atoms with E-state index in [-0.39, 0.29) is 21.0 Å². The number of fused-ring (bicyclic) bond motifs is 1. The molecule has 3 aromatic rings. The lowest BCUT2D eigenvalue weighted by molar-refractivity contribution is -0.255. The number of hydrogen-bond acceptors (Lipinski definition) is 6. The summed E-state index contributed by atoms with van der Waals surface area (Å²) in [6.07, 6.45) is 0. The molecular formula is C19H11N2O4S2-. The first-order valence-electron chi connectivity index (χ1n) is 7.88. The summed E-state index contributed by atoms with van der Waals surface area (Å²) in [5.41, 5.74) is 1.38. The smallest absolute Gasteiger partial charge is 0.279 e. The number of nitrogens with zero attached hydrogens (tertiary/aromatic N) is 2. The normalized spacial score (nSPS) is 12.8. The summed E-state index contributed by atoms with van der Waals surface area (Å²) >= 11 is 6.46. The molecule has 1 N–H and O–H groups in total. The molecule has 27 heavy (non-hydrogen) atoms. The van der Waals surface area contributed by atoms with Gasteiger partial charge in [-0.2, -0.15) is 0 Å². The molecule has 6 nitrogen and oxygen atoms in total. The van der Waals surface area contributed by atoms with Crippen LogP contribution in [0.2, 0.25) is 0 Å². The second-order valence-electron chi connectivity index (χ2n) is 5.95. The van der Waals surface area contributed by atoms with Gasteiger partial charge >= 0.3 is 0 Å². The molecule has 0 fully saturated rings. The van der Waals surface area contributed by atoms with Gasteiger partial charge in [0.2, 0.25) is 5.88 Å². The number of thiazole rings is 1. The Hall–Kier alpha value is -3.10. The van der Waals surface area contributed by atoms with Gasteiger partial charge in [0.15, 0.2) is 3.95 Å². The zero-order chi connectivity index (χ0) is 19.3. The van der Waals surface area contributed by atoms with E-state index in [0.717, 1.165) is 11.3 Å². The highest BCUT2D eigenvalue weighted by atomic mass is 32.1. The van der Waals surface area contributed by atoms with Crippen LogP contribution in [0.5, 0.6) is 5.88 Å². The number of aromatic carboxylic acids is 1. The molecule has 0 radical (unpaired) electrons. The van der Waals surface area contributed by atoms with Crippen LogP contribution in [0.15, 0.2) is 47.5 Å². The summed E-state index contributed by atoms with van der Waals surface area (Å²) in [7, 11) is 0. The molecule has 0 unspecified atom stereocenters. The number of carboxylic acids is 1. The Balaban J connectivity index is 2.00. The predicted octanol–water partition coefficient (Wildman–Crippen LogP) is 1.00. The molecule has 0 saturated heterocycles. The second-order valence-corrected chi connectivity index (χ2v) is 7.60. The molecule has 4 rings (SSSR count). The monoisotopic (exact) mass is 395 g/mol. The lowest BCUT2D eigenvalue weighted by atomic mass is 10.1. The summed E-state index contributed by atoms with van der Waals surface area (Å²) in [4.78, 5) is 27.9. The predicted molar refractivity (Wildman–Crippen MR) is 100.0 cm³/mol. The highest BCUT2D eigenvalue weighted by Crippen LogP contribution is 2.35. The number of hydrogen-bond donors (Lipinski definition) is 1. The number of aryl methyl sites for hydroxylation is 1. The lowest BCUT2D eigenvalue weighted by Crippen LogP contribution is -2.22. The first-order valence-corrected chi connectivity index (χ1v) is 9.11. The van der Waals surface area contributed by atoms with E-state index >= 15 is 0 Å². The quantitative estimate of drug-likeness (QED) is 0.668. The Morgan fingerprint density at radius 1 is 1.26 bits per heavy atom. The SMILES string of the molecule is Cc1ccc(C(=O)[O-])cc1-n1c(O)c(C2=c3ccccc3=NC2=O)sc1=S. The molecular weight excluding hydrogens is 384 g/mol. The van der Waals surface area contributed by atoms with Gasteiger partial charge < -0.3 is 15.0 Å². The molecule has 1 amide bonds. The first-order chi connectivity index (χ1) is 12.9. The van der Waals surface area contributed by atoms with Gasteiger partial charge in [0.05, 0.1) is 22.6 Å². The van der Waals surface area contributed by atoms with Crippen LogP contribution in [-0.2, 0) is 4.79 Å². The molecule has 1 aliphatic rings. The highest BCUT2D eigenvalue weighted by molar-refractivity contribution is 7.73. The Kier molecular flexibility index (Phi) is 4.01. The molecule has 0 saturated carbocycles. The van der Waals surface area contributed by atoms with Crippen molar-refractivity contribution >= 4 is 41.0 Å². The fourth-order valence-corrected chi connectivity index (χ4v) is 4.37. The number of amides is 1. The van der Waals surface area contributed by atoms with Crippen LogP contribution in [0.25, 0.3) is 11.3 Å². The standard InChI is InChI=1S/C19H12N2O4S2/c1-9-6-7-10(18(24)25)8-13(9)21-17(23)15(27-19(21)26)14-11-4-2-3-5-12(11)20-16(14)22/h2-8,23H,1H3,(H,24,25)/p-1. The molecule has 0 spiro atoms. The minimum Gasteiger partial charge on any atom is -0.545 e. The van der Waals surface area contributed by atoms with E-state index in [1.54, 1.807) is 37.3 Å². The van der Waals surface area contributed by atoms with Crippen LogP contribution in [0, 0.1) is 10.9 Å². The molecule has 1 aliphatic heterocycles. The number of para-hydroxylation sites is 1. The minimum atomic E-state index is -1.33. The fraction of sp³-hybridized carbons (Fsp3) is 0.0526. The van der Waals surface area contributed by atoms with Gasteiger partial charge in [0.25, 0.3) is 5.91 Å². The van der Waals surface area contributed by atoms with Crippen LogP contribution in [-0.4, -0.2) is 21.6 Å². The molecule has 0 aliphatic carbocycles. The Bertz CT molecular complexity index is 1320. The van der Waals surface area contributed by atoms with Gasteiger partial charge in [0.1, 0.15) is 4.88 Å². The molecule has 8 heteroatoms. The maximum atomic E-state index is 12.4. The minimum absolute atomic E-state index is 0.0328.